The summed E-state index contributed by atoms with van der Waals surface area (Å²) >= 11 is 1.52. The van der Waals surface area contributed by atoms with E-state index >= 15 is 0 Å². The number of aromatic nitrogens is 3. The monoisotopic (exact) mass is 472 g/mol. The zero-order valence-corrected chi connectivity index (χ0v) is 19.1. The summed E-state index contributed by atoms with van der Waals surface area (Å²) in [5.41, 5.74) is 11.4. The molecule has 3 aromatic heterocycles. The number of aliphatic hydroxyl groups excluding tert-OH is 3. The van der Waals surface area contributed by atoms with Crippen molar-refractivity contribution in [2.24, 2.45) is 4.99 Å². The predicted molar refractivity (Wildman–Crippen MR) is 126 cm³/mol. The fraction of sp³-hybridized carbons (Fsp3) is 0.364. The lowest BCUT2D eigenvalue weighted by molar-refractivity contribution is 0.100. The lowest BCUT2D eigenvalue weighted by Gasteiger charge is -2.16. The number of hydrogen-bond donors (Lipinski definition) is 5. The van der Waals surface area contributed by atoms with E-state index in [1.165, 1.54) is 11.3 Å². The summed E-state index contributed by atoms with van der Waals surface area (Å²) in [5, 5.41) is 27.3. The Hall–Kier alpha value is -2.96. The second-order valence-corrected chi connectivity index (χ2v) is 7.75. The minimum atomic E-state index is -0.329. The van der Waals surface area contributed by atoms with Crippen molar-refractivity contribution >= 4 is 17.2 Å². The minimum absolute atomic E-state index is 0.0887. The molecule has 0 fully saturated rings. The van der Waals surface area contributed by atoms with Gasteiger partial charge in [-0.25, -0.2) is 20.4 Å². The Kier molecular flexibility index (Phi) is 9.66. The molecule has 0 radical (unpaired) electrons. The van der Waals surface area contributed by atoms with Gasteiger partial charge in [-0.3, -0.25) is 4.98 Å². The molecular formula is C22H28N6O4S. The summed E-state index contributed by atoms with van der Waals surface area (Å²) in [7, 11) is 1.00. The van der Waals surface area contributed by atoms with Crippen LogP contribution in [0.4, 0.5) is 0 Å². The third kappa shape index (κ3) is 6.76. The summed E-state index contributed by atoms with van der Waals surface area (Å²) < 4.78 is 5.73. The standard InChI is InChI=1S/C21H24N6O3S.CH4O/c28-8-2-1-3-16(11-29)30-19-7-5-14(9-23-19)17-6-4-15(10-22-17)20-25-21(27-26-20)18-12-31-13-24-18;1-2/h4-7,9-10,12-13,16,20,26,28-29H,1-3,8,11H2,(H,25,27);2H,1H3. The number of ether oxygens (including phenoxy) is 1. The summed E-state index contributed by atoms with van der Waals surface area (Å²) in [6.45, 7) is 0.0537. The molecule has 176 valence electrons. The van der Waals surface area contributed by atoms with E-state index in [0.717, 1.165) is 36.0 Å². The molecule has 1 aliphatic rings. The van der Waals surface area contributed by atoms with Crippen LogP contribution in [0.25, 0.3) is 11.3 Å². The number of unbranched alkanes of at least 4 members (excludes halogenated alkanes) is 1. The van der Waals surface area contributed by atoms with E-state index in [4.69, 9.17) is 14.9 Å². The maximum Gasteiger partial charge on any atom is 0.213 e. The van der Waals surface area contributed by atoms with Gasteiger partial charge >= 0.3 is 0 Å². The van der Waals surface area contributed by atoms with Crippen LogP contribution in [-0.4, -0.2) is 62.5 Å². The summed E-state index contributed by atoms with van der Waals surface area (Å²) in [6.07, 6.45) is 5.08. The van der Waals surface area contributed by atoms with Crippen molar-refractivity contribution in [2.45, 2.75) is 31.5 Å². The normalized spacial score (nSPS) is 15.8. The van der Waals surface area contributed by atoms with E-state index in [-0.39, 0.29) is 25.5 Å². The zero-order chi connectivity index (χ0) is 23.5. The molecular weight excluding hydrogens is 444 g/mol. The molecule has 0 bridgehead atoms. The van der Waals surface area contributed by atoms with Crippen molar-refractivity contribution < 1.29 is 20.1 Å². The largest absolute Gasteiger partial charge is 0.472 e. The van der Waals surface area contributed by atoms with Gasteiger partial charge in [0.25, 0.3) is 0 Å². The minimum Gasteiger partial charge on any atom is -0.472 e. The summed E-state index contributed by atoms with van der Waals surface area (Å²) in [4.78, 5) is 17.7. The maximum absolute atomic E-state index is 9.46. The quantitative estimate of drug-likeness (QED) is 0.278. The first-order valence-corrected chi connectivity index (χ1v) is 11.4. The molecule has 1 aliphatic heterocycles. The molecule has 2 unspecified atom stereocenters. The smallest absolute Gasteiger partial charge is 0.213 e. The van der Waals surface area contributed by atoms with Gasteiger partial charge in [-0.1, -0.05) is 6.07 Å². The Morgan fingerprint density at radius 3 is 2.55 bits per heavy atom. The molecule has 0 aromatic carbocycles. The molecule has 0 spiro atoms. The van der Waals surface area contributed by atoms with Crippen LogP contribution in [-0.2, 0) is 0 Å². The van der Waals surface area contributed by atoms with Crippen molar-refractivity contribution in [3.05, 3.63) is 58.8 Å². The van der Waals surface area contributed by atoms with E-state index in [2.05, 4.69) is 30.8 Å². The number of hydrogen-bond acceptors (Lipinski definition) is 11. The number of nitrogens with zero attached hydrogens (tertiary/aromatic N) is 4. The van der Waals surface area contributed by atoms with Gasteiger partial charge in [-0.2, -0.15) is 0 Å². The second kappa shape index (κ2) is 12.9. The van der Waals surface area contributed by atoms with E-state index in [1.807, 2.05) is 23.6 Å². The SMILES string of the molecule is CO.OCCCCC(CO)Oc1ccc(-c2ccc(C3N=C(c4cscn4)NN3)cn2)cn1. The van der Waals surface area contributed by atoms with Gasteiger partial charge in [-0.15, -0.1) is 11.3 Å². The maximum atomic E-state index is 9.46. The molecule has 4 heterocycles. The van der Waals surface area contributed by atoms with Gasteiger partial charge in [0.15, 0.2) is 5.84 Å². The first kappa shape index (κ1) is 24.7. The highest BCUT2D eigenvalue weighted by Crippen LogP contribution is 2.23. The van der Waals surface area contributed by atoms with Crippen LogP contribution >= 0.6 is 11.3 Å². The molecule has 3 aromatic rings. The second-order valence-electron chi connectivity index (χ2n) is 7.03. The Labute approximate surface area is 196 Å². The third-order valence-electron chi connectivity index (χ3n) is 4.82. The third-order valence-corrected chi connectivity index (χ3v) is 5.41. The number of amidine groups is 1. The van der Waals surface area contributed by atoms with E-state index in [1.54, 1.807) is 24.0 Å². The number of pyridine rings is 2. The van der Waals surface area contributed by atoms with Crippen molar-refractivity contribution in [1.82, 2.24) is 25.8 Å². The van der Waals surface area contributed by atoms with Crippen molar-refractivity contribution in [1.29, 1.82) is 0 Å². The molecule has 0 aliphatic carbocycles. The molecule has 33 heavy (non-hydrogen) atoms. The predicted octanol–water partition coefficient (Wildman–Crippen LogP) is 1.66. The molecule has 10 nitrogen and oxygen atoms in total. The lowest BCUT2D eigenvalue weighted by atomic mass is 10.1. The van der Waals surface area contributed by atoms with Crippen LogP contribution in [0.2, 0.25) is 0 Å². The first-order chi connectivity index (χ1) is 16.3. The van der Waals surface area contributed by atoms with Crippen LogP contribution in [0.5, 0.6) is 5.88 Å². The summed E-state index contributed by atoms with van der Waals surface area (Å²) in [5.74, 6) is 1.17. The molecule has 0 amide bonds. The van der Waals surface area contributed by atoms with Crippen LogP contribution in [0.1, 0.15) is 36.7 Å². The topological polar surface area (TPSA) is 145 Å². The number of nitrogens with one attached hydrogen (secondary N) is 2. The van der Waals surface area contributed by atoms with Crippen molar-refractivity contribution in [3.8, 4) is 17.1 Å². The Balaban J connectivity index is 0.00000149. The van der Waals surface area contributed by atoms with Gasteiger partial charge in [-0.05, 0) is 31.4 Å². The van der Waals surface area contributed by atoms with E-state index in [0.29, 0.717) is 24.6 Å². The fourth-order valence-corrected chi connectivity index (χ4v) is 3.67. The number of aliphatic hydroxyl groups is 3. The van der Waals surface area contributed by atoms with Gasteiger partial charge in [0.05, 0.1) is 17.8 Å². The van der Waals surface area contributed by atoms with Gasteiger partial charge < -0.3 is 25.5 Å². The van der Waals surface area contributed by atoms with E-state index < -0.39 is 0 Å². The van der Waals surface area contributed by atoms with Crippen LogP contribution < -0.4 is 15.6 Å². The first-order valence-electron chi connectivity index (χ1n) is 10.5. The highest BCUT2D eigenvalue weighted by atomic mass is 32.1. The number of aliphatic imine (C=N–C) groups is 1. The van der Waals surface area contributed by atoms with Gasteiger partial charge in [0, 0.05) is 48.7 Å². The molecule has 0 saturated heterocycles. The van der Waals surface area contributed by atoms with Gasteiger partial charge in [0.1, 0.15) is 18.0 Å². The number of hydrazine groups is 1. The number of thiazole rings is 1. The lowest BCUT2D eigenvalue weighted by Crippen LogP contribution is -2.32. The number of rotatable bonds is 10. The fourth-order valence-electron chi connectivity index (χ4n) is 3.13. The molecule has 11 heteroatoms. The molecule has 5 N–H and O–H groups in total. The molecule has 4 rings (SSSR count). The Morgan fingerprint density at radius 2 is 1.91 bits per heavy atom. The summed E-state index contributed by atoms with van der Waals surface area (Å²) in [6, 6.07) is 7.56. The Morgan fingerprint density at radius 1 is 1.03 bits per heavy atom. The highest BCUT2D eigenvalue weighted by Gasteiger charge is 2.20. The van der Waals surface area contributed by atoms with E-state index in [9.17, 15) is 5.11 Å². The zero-order valence-electron chi connectivity index (χ0n) is 18.3. The average Bonchev–Trinajstić information content (AvgIpc) is 3.58. The molecule has 2 atom stereocenters. The highest BCUT2D eigenvalue weighted by molar-refractivity contribution is 7.07. The van der Waals surface area contributed by atoms with Crippen LogP contribution in [0, 0.1) is 0 Å². The van der Waals surface area contributed by atoms with Crippen molar-refractivity contribution in [2.75, 3.05) is 20.3 Å². The molecule has 0 saturated carbocycles. The van der Waals surface area contributed by atoms with Crippen LogP contribution in [0.3, 0.4) is 0 Å². The van der Waals surface area contributed by atoms with Gasteiger partial charge in [0.2, 0.25) is 5.88 Å². The van der Waals surface area contributed by atoms with Crippen LogP contribution in [0.15, 0.2) is 52.5 Å². The average molecular weight is 473 g/mol. The van der Waals surface area contributed by atoms with Crippen molar-refractivity contribution in [3.63, 3.8) is 0 Å². The Bertz CT molecular complexity index is 983.